The van der Waals surface area contributed by atoms with Crippen molar-refractivity contribution in [1.82, 2.24) is 24.6 Å². The van der Waals surface area contributed by atoms with Crippen molar-refractivity contribution in [1.29, 1.82) is 0 Å². The predicted octanol–water partition coefficient (Wildman–Crippen LogP) is 1.54. The molecule has 0 bridgehead atoms. The largest absolute Gasteiger partial charge is 0.341 e. The van der Waals surface area contributed by atoms with Crippen LogP contribution in [0.15, 0.2) is 30.6 Å². The summed E-state index contributed by atoms with van der Waals surface area (Å²) in [6.45, 7) is 4.51. The zero-order valence-corrected chi connectivity index (χ0v) is 15.8. The SMILES string of the molecule is O=C(C1CCc2ncnn2C1)N1CCCN(C2Cc3ccccc3C2)CC1. The van der Waals surface area contributed by atoms with Crippen molar-refractivity contribution in [3.63, 3.8) is 0 Å². The van der Waals surface area contributed by atoms with Gasteiger partial charge in [-0.25, -0.2) is 9.67 Å². The summed E-state index contributed by atoms with van der Waals surface area (Å²) < 4.78 is 1.91. The molecule has 1 unspecified atom stereocenters. The van der Waals surface area contributed by atoms with Crippen LogP contribution >= 0.6 is 0 Å². The van der Waals surface area contributed by atoms with Crippen LogP contribution in [0.2, 0.25) is 0 Å². The van der Waals surface area contributed by atoms with Crippen LogP contribution in [-0.4, -0.2) is 62.7 Å². The molecule has 0 saturated carbocycles. The van der Waals surface area contributed by atoms with E-state index in [1.807, 2.05) is 4.68 Å². The van der Waals surface area contributed by atoms with Crippen LogP contribution in [0.5, 0.6) is 0 Å². The molecule has 1 aromatic heterocycles. The Balaban J connectivity index is 1.20. The number of carbonyl (C=O) groups excluding carboxylic acids is 1. The molecule has 0 N–H and O–H groups in total. The molecule has 3 heterocycles. The highest BCUT2D eigenvalue weighted by Crippen LogP contribution is 2.27. The molecule has 3 aliphatic rings. The molecule has 0 radical (unpaired) electrons. The standard InChI is InChI=1S/C21H27N5O/c27-21(18-6-7-20-22-15-23-26(20)14-18)25-9-3-8-24(10-11-25)19-12-16-4-1-2-5-17(16)13-19/h1-2,4-5,15,18-19H,3,6-14H2. The number of benzene rings is 1. The van der Waals surface area contributed by atoms with Gasteiger partial charge in [0.25, 0.3) is 0 Å². The summed E-state index contributed by atoms with van der Waals surface area (Å²) in [6, 6.07) is 9.43. The van der Waals surface area contributed by atoms with Crippen LogP contribution in [-0.2, 0) is 30.6 Å². The highest BCUT2D eigenvalue weighted by molar-refractivity contribution is 5.79. The first kappa shape index (κ1) is 16.9. The molecule has 2 aromatic rings. The van der Waals surface area contributed by atoms with Gasteiger partial charge in [-0.1, -0.05) is 24.3 Å². The van der Waals surface area contributed by atoms with Crippen LogP contribution in [0.4, 0.5) is 0 Å². The molecule has 142 valence electrons. The normalized spacial score (nSPS) is 23.7. The lowest BCUT2D eigenvalue weighted by molar-refractivity contribution is -0.136. The Labute approximate surface area is 160 Å². The minimum atomic E-state index is 0.0569. The molecule has 1 atom stereocenters. The number of hydrogen-bond donors (Lipinski definition) is 0. The van der Waals surface area contributed by atoms with Crippen molar-refractivity contribution in [3.05, 3.63) is 47.5 Å². The summed E-state index contributed by atoms with van der Waals surface area (Å²) in [5.41, 5.74) is 3.01. The van der Waals surface area contributed by atoms with E-state index in [0.717, 1.165) is 64.1 Å². The van der Waals surface area contributed by atoms with Crippen LogP contribution in [0.3, 0.4) is 0 Å². The number of aromatic nitrogens is 3. The van der Waals surface area contributed by atoms with Gasteiger partial charge in [-0.3, -0.25) is 9.69 Å². The van der Waals surface area contributed by atoms with Gasteiger partial charge in [0.2, 0.25) is 5.91 Å². The van der Waals surface area contributed by atoms with Crippen molar-refractivity contribution in [2.24, 2.45) is 5.92 Å². The first-order chi connectivity index (χ1) is 13.3. The number of amides is 1. The average Bonchev–Trinajstić information content (AvgIpc) is 3.27. The molecule has 6 heteroatoms. The Morgan fingerprint density at radius 3 is 2.67 bits per heavy atom. The van der Waals surface area contributed by atoms with Crippen LogP contribution in [0.25, 0.3) is 0 Å². The number of nitrogens with zero attached hydrogens (tertiary/aromatic N) is 5. The van der Waals surface area contributed by atoms with Gasteiger partial charge in [0.1, 0.15) is 12.2 Å². The maximum atomic E-state index is 13.1. The van der Waals surface area contributed by atoms with Crippen LogP contribution in [0, 0.1) is 5.92 Å². The molecular weight excluding hydrogens is 338 g/mol. The van der Waals surface area contributed by atoms with Gasteiger partial charge in [-0.2, -0.15) is 5.10 Å². The number of rotatable bonds is 2. The quantitative estimate of drug-likeness (QED) is 0.810. The summed E-state index contributed by atoms with van der Waals surface area (Å²) in [6.07, 6.45) is 6.74. The fourth-order valence-corrected chi connectivity index (χ4v) is 5.01. The zero-order valence-electron chi connectivity index (χ0n) is 15.8. The Kier molecular flexibility index (Phi) is 4.44. The number of carbonyl (C=O) groups is 1. The summed E-state index contributed by atoms with van der Waals surface area (Å²) in [5, 5.41) is 4.26. The van der Waals surface area contributed by atoms with Crippen molar-refractivity contribution in [3.8, 4) is 0 Å². The fraction of sp³-hybridized carbons (Fsp3) is 0.571. The van der Waals surface area contributed by atoms with Crippen molar-refractivity contribution >= 4 is 5.91 Å². The molecule has 1 amide bonds. The minimum absolute atomic E-state index is 0.0569. The minimum Gasteiger partial charge on any atom is -0.341 e. The van der Waals surface area contributed by atoms with E-state index in [1.54, 1.807) is 6.33 Å². The van der Waals surface area contributed by atoms with E-state index in [2.05, 4.69) is 44.1 Å². The monoisotopic (exact) mass is 365 g/mol. The van der Waals surface area contributed by atoms with Crippen molar-refractivity contribution in [2.75, 3.05) is 26.2 Å². The Morgan fingerprint density at radius 1 is 1.04 bits per heavy atom. The molecule has 27 heavy (non-hydrogen) atoms. The van der Waals surface area contributed by atoms with Gasteiger partial charge in [0.15, 0.2) is 0 Å². The summed E-state index contributed by atoms with van der Waals surface area (Å²) in [5.74, 6) is 1.39. The topological polar surface area (TPSA) is 54.3 Å². The maximum Gasteiger partial charge on any atom is 0.227 e. The second-order valence-electron chi connectivity index (χ2n) is 8.14. The summed E-state index contributed by atoms with van der Waals surface area (Å²) in [7, 11) is 0. The molecule has 2 aliphatic heterocycles. The van der Waals surface area contributed by atoms with Gasteiger partial charge in [-0.05, 0) is 36.8 Å². The van der Waals surface area contributed by atoms with E-state index >= 15 is 0 Å². The third-order valence-corrected chi connectivity index (χ3v) is 6.54. The lowest BCUT2D eigenvalue weighted by Gasteiger charge is -2.29. The van der Waals surface area contributed by atoms with E-state index in [0.29, 0.717) is 18.5 Å². The molecule has 1 fully saturated rings. The molecule has 0 spiro atoms. The van der Waals surface area contributed by atoms with Crippen LogP contribution in [0.1, 0.15) is 29.8 Å². The number of fused-ring (bicyclic) bond motifs is 2. The van der Waals surface area contributed by atoms with Crippen molar-refractivity contribution in [2.45, 2.75) is 44.7 Å². The smallest absolute Gasteiger partial charge is 0.227 e. The first-order valence-corrected chi connectivity index (χ1v) is 10.2. The van der Waals surface area contributed by atoms with Gasteiger partial charge in [0.05, 0.1) is 12.5 Å². The third-order valence-electron chi connectivity index (χ3n) is 6.54. The average molecular weight is 365 g/mol. The highest BCUT2D eigenvalue weighted by atomic mass is 16.2. The molecule has 6 nitrogen and oxygen atoms in total. The molecule has 1 aliphatic carbocycles. The lowest BCUT2D eigenvalue weighted by atomic mass is 9.98. The molecule has 1 saturated heterocycles. The van der Waals surface area contributed by atoms with E-state index in [9.17, 15) is 4.79 Å². The zero-order chi connectivity index (χ0) is 18.2. The first-order valence-electron chi connectivity index (χ1n) is 10.2. The number of hydrogen-bond acceptors (Lipinski definition) is 4. The van der Waals surface area contributed by atoms with Crippen molar-refractivity contribution < 1.29 is 4.79 Å². The fourth-order valence-electron chi connectivity index (χ4n) is 5.01. The Morgan fingerprint density at radius 2 is 1.85 bits per heavy atom. The molecule has 1 aromatic carbocycles. The second-order valence-corrected chi connectivity index (χ2v) is 8.14. The maximum absolute atomic E-state index is 13.1. The van der Waals surface area contributed by atoms with E-state index in [-0.39, 0.29) is 5.92 Å². The van der Waals surface area contributed by atoms with Crippen LogP contribution < -0.4 is 0 Å². The molecule has 5 rings (SSSR count). The predicted molar refractivity (Wildman–Crippen MR) is 102 cm³/mol. The molecular formula is C21H27N5O. The second kappa shape index (κ2) is 7.08. The third kappa shape index (κ3) is 3.27. The van der Waals surface area contributed by atoms with Gasteiger partial charge in [-0.15, -0.1) is 0 Å². The highest BCUT2D eigenvalue weighted by Gasteiger charge is 2.32. The van der Waals surface area contributed by atoms with E-state index in [1.165, 1.54) is 11.1 Å². The lowest BCUT2D eigenvalue weighted by Crippen LogP contribution is -2.43. The Hall–Kier alpha value is -2.21. The van der Waals surface area contributed by atoms with E-state index < -0.39 is 0 Å². The van der Waals surface area contributed by atoms with Gasteiger partial charge in [0, 0.05) is 38.6 Å². The Bertz CT molecular complexity index is 806. The number of aryl methyl sites for hydroxylation is 1. The van der Waals surface area contributed by atoms with Gasteiger partial charge < -0.3 is 4.90 Å². The van der Waals surface area contributed by atoms with E-state index in [4.69, 9.17) is 0 Å². The summed E-state index contributed by atoms with van der Waals surface area (Å²) in [4.78, 5) is 22.1. The van der Waals surface area contributed by atoms with Gasteiger partial charge >= 0.3 is 0 Å². The summed E-state index contributed by atoms with van der Waals surface area (Å²) >= 11 is 0.